The first-order chi connectivity index (χ1) is 20.5. The zero-order chi connectivity index (χ0) is 30.6. The van der Waals surface area contributed by atoms with Crippen molar-refractivity contribution in [3.63, 3.8) is 0 Å². The average Bonchev–Trinajstić information content (AvgIpc) is 2.98. The molecule has 0 spiro atoms. The van der Waals surface area contributed by atoms with Gasteiger partial charge in [-0.15, -0.1) is 37.2 Å². The van der Waals surface area contributed by atoms with Crippen molar-refractivity contribution in [2.75, 3.05) is 32.7 Å². The van der Waals surface area contributed by atoms with Gasteiger partial charge in [-0.1, -0.05) is 48.5 Å². The average molecular weight is 710 g/mol. The maximum absolute atomic E-state index is 13.6. The van der Waals surface area contributed by atoms with Gasteiger partial charge in [-0.3, -0.25) is 14.7 Å². The smallest absolute Gasteiger partial charge is 0.333 e. The third kappa shape index (κ3) is 9.95. The van der Waals surface area contributed by atoms with Crippen molar-refractivity contribution in [1.82, 2.24) is 20.1 Å². The predicted octanol–water partition coefficient (Wildman–Crippen LogP) is 7.70. The number of benzene rings is 3. The molecule has 46 heavy (non-hydrogen) atoms. The lowest BCUT2D eigenvalue weighted by molar-refractivity contribution is -0.143. The van der Waals surface area contributed by atoms with Crippen molar-refractivity contribution >= 4 is 53.9 Å². The Morgan fingerprint density at radius 2 is 1.48 bits per heavy atom. The summed E-state index contributed by atoms with van der Waals surface area (Å²) in [5.41, 5.74) is -1.69. The van der Waals surface area contributed by atoms with Crippen LogP contribution in [0.3, 0.4) is 0 Å². The Morgan fingerprint density at radius 1 is 0.804 bits per heavy atom. The number of pyridine rings is 1. The van der Waals surface area contributed by atoms with Crippen LogP contribution in [0, 0.1) is 0 Å². The van der Waals surface area contributed by atoms with Crippen LogP contribution in [0.4, 0.5) is 26.3 Å². The van der Waals surface area contributed by atoms with E-state index in [-0.39, 0.29) is 49.8 Å². The summed E-state index contributed by atoms with van der Waals surface area (Å²) in [6.45, 7) is 2.94. The third-order valence-electron chi connectivity index (χ3n) is 7.60. The van der Waals surface area contributed by atoms with E-state index in [9.17, 15) is 31.1 Å². The lowest BCUT2D eigenvalue weighted by Crippen LogP contribution is -2.56. The Hall–Kier alpha value is -3.09. The summed E-state index contributed by atoms with van der Waals surface area (Å²) in [5.74, 6) is -0.850. The van der Waals surface area contributed by atoms with E-state index < -0.39 is 41.0 Å². The van der Waals surface area contributed by atoms with Gasteiger partial charge in [-0.2, -0.15) is 26.3 Å². The number of hydrogen-bond acceptors (Lipinski definition) is 4. The van der Waals surface area contributed by atoms with E-state index in [0.717, 1.165) is 21.9 Å². The van der Waals surface area contributed by atoms with Crippen molar-refractivity contribution in [3.8, 4) is 0 Å². The molecule has 0 bridgehead atoms. The van der Waals surface area contributed by atoms with Crippen LogP contribution in [-0.2, 0) is 25.3 Å². The number of carbonyl (C=O) groups excluding carboxylic acids is 1. The Labute approximate surface area is 281 Å². The highest BCUT2D eigenvalue weighted by molar-refractivity contribution is 5.95. The second-order valence-corrected chi connectivity index (χ2v) is 10.7. The quantitative estimate of drug-likeness (QED) is 0.151. The summed E-state index contributed by atoms with van der Waals surface area (Å²) in [6, 6.07) is 18.1. The van der Waals surface area contributed by atoms with Crippen molar-refractivity contribution in [2.24, 2.45) is 0 Å². The van der Waals surface area contributed by atoms with Crippen molar-refractivity contribution in [2.45, 2.75) is 31.4 Å². The van der Waals surface area contributed by atoms with Crippen LogP contribution in [0.15, 0.2) is 85.2 Å². The van der Waals surface area contributed by atoms with Gasteiger partial charge in [-0.25, -0.2) is 0 Å². The van der Waals surface area contributed by atoms with E-state index in [1.54, 1.807) is 12.4 Å². The topological polar surface area (TPSA) is 48.5 Å². The van der Waals surface area contributed by atoms with Crippen LogP contribution >= 0.6 is 37.2 Å². The maximum atomic E-state index is 13.6. The van der Waals surface area contributed by atoms with Crippen LogP contribution in [-0.4, -0.2) is 59.5 Å². The minimum absolute atomic E-state index is 0. The lowest BCUT2D eigenvalue weighted by Gasteiger charge is -2.42. The number of carbonyl (C=O) groups is 1. The van der Waals surface area contributed by atoms with Crippen molar-refractivity contribution in [1.29, 1.82) is 0 Å². The maximum Gasteiger partial charge on any atom is 0.416 e. The molecule has 1 aliphatic rings. The highest BCUT2D eigenvalue weighted by atomic mass is 35.5. The van der Waals surface area contributed by atoms with Gasteiger partial charge in [0.2, 0.25) is 0 Å². The van der Waals surface area contributed by atoms with Crippen molar-refractivity contribution < 1.29 is 31.1 Å². The zero-order valence-corrected chi connectivity index (χ0v) is 26.8. The molecule has 3 aromatic carbocycles. The Bertz CT molecular complexity index is 1540. The number of amides is 1. The first kappa shape index (κ1) is 39.1. The number of rotatable bonds is 8. The predicted molar refractivity (Wildman–Crippen MR) is 173 cm³/mol. The Balaban J connectivity index is 0.00000245. The molecule has 1 saturated heterocycles. The molecular formula is C32H33Cl3F6N4O. The molecule has 5 nitrogen and oxygen atoms in total. The Kier molecular flexibility index (Phi) is 14.1. The molecule has 1 aliphatic heterocycles. The molecular weight excluding hydrogens is 677 g/mol. The number of alkyl halides is 6. The number of fused-ring (bicyclic) bond motifs is 1. The van der Waals surface area contributed by atoms with Gasteiger partial charge in [0.1, 0.15) is 0 Å². The first-order valence-corrected chi connectivity index (χ1v) is 13.9. The van der Waals surface area contributed by atoms with E-state index in [1.807, 2.05) is 54.6 Å². The molecule has 1 N–H and O–H groups in total. The molecule has 1 amide bonds. The fraction of sp³-hybridized carbons (Fsp3) is 0.312. The van der Waals surface area contributed by atoms with E-state index in [4.69, 9.17) is 0 Å². The van der Waals surface area contributed by atoms with E-state index in [0.29, 0.717) is 51.3 Å². The fourth-order valence-electron chi connectivity index (χ4n) is 5.42. The summed E-state index contributed by atoms with van der Waals surface area (Å²) < 4.78 is 81.2. The summed E-state index contributed by atoms with van der Waals surface area (Å²) in [6.07, 6.45) is -6.22. The standard InChI is InChI=1S/C32H30F6N4O.3ClH/c33-31(34,35)27-16-26(17-28(18-27)32(36,37)38)30(43)42-13-12-41(11-10-40-20-23-4-3-9-39-19-23)21-29(42)15-22-7-8-24-5-1-2-6-25(24)14-22;;;/h1-9,14,16-19,29,40H,10-13,15,20-21H2;3*1H/t29-;;;/m1.../s1. The SMILES string of the molecule is Cl.Cl.Cl.O=C(c1cc(C(F)(F)F)cc(C(F)(F)F)c1)N1CCN(CCNCc2cccnc2)C[C@H]1Cc1ccc2ccccc2c1. The summed E-state index contributed by atoms with van der Waals surface area (Å²) in [4.78, 5) is 21.3. The highest BCUT2D eigenvalue weighted by Crippen LogP contribution is 2.37. The summed E-state index contributed by atoms with van der Waals surface area (Å²) in [5, 5.41) is 5.39. The number of nitrogens with zero attached hydrogens (tertiary/aromatic N) is 3. The van der Waals surface area contributed by atoms with Gasteiger partial charge in [-0.05, 0) is 52.6 Å². The molecule has 0 aliphatic carbocycles. The van der Waals surface area contributed by atoms with Gasteiger partial charge in [0.15, 0.2) is 0 Å². The summed E-state index contributed by atoms with van der Waals surface area (Å²) in [7, 11) is 0. The minimum Gasteiger partial charge on any atom is -0.333 e. The molecule has 0 saturated carbocycles. The number of hydrogen-bond donors (Lipinski definition) is 1. The third-order valence-corrected chi connectivity index (χ3v) is 7.60. The van der Waals surface area contributed by atoms with Gasteiger partial charge < -0.3 is 10.2 Å². The molecule has 1 atom stereocenters. The van der Waals surface area contributed by atoms with Crippen LogP contribution in [0.1, 0.15) is 32.6 Å². The molecule has 2 heterocycles. The molecule has 5 rings (SSSR count). The number of nitrogens with one attached hydrogen (secondary N) is 1. The molecule has 4 aromatic rings. The zero-order valence-electron chi connectivity index (χ0n) is 24.4. The number of piperazine rings is 1. The van der Waals surface area contributed by atoms with E-state index >= 15 is 0 Å². The van der Waals surface area contributed by atoms with Crippen LogP contribution < -0.4 is 5.32 Å². The molecule has 14 heteroatoms. The monoisotopic (exact) mass is 708 g/mol. The largest absolute Gasteiger partial charge is 0.416 e. The van der Waals surface area contributed by atoms with Crippen LogP contribution in [0.25, 0.3) is 10.8 Å². The van der Waals surface area contributed by atoms with Gasteiger partial charge in [0.05, 0.1) is 11.1 Å². The minimum atomic E-state index is -5.04. The fourth-order valence-corrected chi connectivity index (χ4v) is 5.42. The second kappa shape index (κ2) is 16.6. The Morgan fingerprint density at radius 3 is 2.11 bits per heavy atom. The van der Waals surface area contributed by atoms with Gasteiger partial charge >= 0.3 is 12.4 Å². The second-order valence-electron chi connectivity index (χ2n) is 10.7. The number of aromatic nitrogens is 1. The molecule has 1 fully saturated rings. The molecule has 0 unspecified atom stereocenters. The van der Waals surface area contributed by atoms with E-state index in [1.165, 1.54) is 4.90 Å². The molecule has 1 aromatic heterocycles. The van der Waals surface area contributed by atoms with Crippen LogP contribution in [0.5, 0.6) is 0 Å². The summed E-state index contributed by atoms with van der Waals surface area (Å²) >= 11 is 0. The van der Waals surface area contributed by atoms with Gasteiger partial charge in [0, 0.05) is 63.3 Å². The normalized spacial score (nSPS) is 15.4. The van der Waals surface area contributed by atoms with E-state index in [2.05, 4.69) is 15.2 Å². The van der Waals surface area contributed by atoms with Gasteiger partial charge in [0.25, 0.3) is 5.91 Å². The molecule has 0 radical (unpaired) electrons. The van der Waals surface area contributed by atoms with Crippen LogP contribution in [0.2, 0.25) is 0 Å². The number of halogens is 9. The first-order valence-electron chi connectivity index (χ1n) is 13.9. The molecule has 250 valence electrons. The van der Waals surface area contributed by atoms with Crippen molar-refractivity contribution in [3.05, 3.63) is 113 Å². The highest BCUT2D eigenvalue weighted by Gasteiger charge is 2.39. The lowest BCUT2D eigenvalue weighted by atomic mass is 9.97.